The molecule has 1 N–H and O–H groups in total. The summed E-state index contributed by atoms with van der Waals surface area (Å²) in [7, 11) is 0. The summed E-state index contributed by atoms with van der Waals surface area (Å²) in [5, 5.41) is 1.18. The fraction of sp³-hybridized carbons (Fsp3) is 0.405. The van der Waals surface area contributed by atoms with Gasteiger partial charge < -0.3 is 4.98 Å². The monoisotopic (exact) mass is 547 g/mol. The molecule has 3 rings (SSSR count). The van der Waals surface area contributed by atoms with Gasteiger partial charge in [0.1, 0.15) is 0 Å². The van der Waals surface area contributed by atoms with Crippen LogP contribution < -0.4 is 0 Å². The summed E-state index contributed by atoms with van der Waals surface area (Å²) in [5.41, 5.74) is 9.56. The van der Waals surface area contributed by atoms with Gasteiger partial charge in [-0.3, -0.25) is 0 Å². The summed E-state index contributed by atoms with van der Waals surface area (Å²) < 4.78 is 0. The second-order valence-corrected chi connectivity index (χ2v) is 9.34. The van der Waals surface area contributed by atoms with E-state index in [9.17, 15) is 0 Å². The lowest BCUT2D eigenvalue weighted by Gasteiger charge is -2.13. The Labute approximate surface area is 247 Å². The van der Waals surface area contributed by atoms with E-state index in [0.717, 1.165) is 28.1 Å². The number of allylic oxidation sites excluding steroid dienone is 5. The van der Waals surface area contributed by atoms with Crippen molar-refractivity contribution in [3.05, 3.63) is 108 Å². The second-order valence-electron chi connectivity index (χ2n) is 9.34. The van der Waals surface area contributed by atoms with Crippen LogP contribution in [0.5, 0.6) is 0 Å². The summed E-state index contributed by atoms with van der Waals surface area (Å²) in [4.78, 5) is 3.27. The van der Waals surface area contributed by atoms with Crippen LogP contribution in [0, 0.1) is 19.8 Å². The highest BCUT2D eigenvalue weighted by molar-refractivity contribution is 7.79. The van der Waals surface area contributed by atoms with Crippen molar-refractivity contribution in [1.82, 2.24) is 4.98 Å². The Balaban J connectivity index is 0. The van der Waals surface area contributed by atoms with Crippen molar-refractivity contribution in [3.8, 4) is 0 Å². The minimum atomic E-state index is 0.878. The predicted molar refractivity (Wildman–Crippen MR) is 187 cm³/mol. The van der Waals surface area contributed by atoms with Crippen LogP contribution in [0.25, 0.3) is 22.0 Å². The Kier molecular flexibility index (Phi) is 22.9. The Bertz CT molecular complexity index is 1110. The van der Waals surface area contributed by atoms with E-state index in [1.807, 2.05) is 53.0 Å². The summed E-state index contributed by atoms with van der Waals surface area (Å²) in [6.45, 7) is 30.6. The number of hydrogen-bond acceptors (Lipinski definition) is 1. The molecule has 0 radical (unpaired) electrons. The van der Waals surface area contributed by atoms with Gasteiger partial charge in [-0.2, -0.15) is 12.6 Å². The molecule has 0 aliphatic rings. The number of rotatable bonds is 8. The lowest BCUT2D eigenvalue weighted by Crippen LogP contribution is -2.02. The number of hydrogen-bond donors (Lipinski definition) is 2. The molecule has 3 aromatic rings. The van der Waals surface area contributed by atoms with Crippen molar-refractivity contribution in [3.63, 3.8) is 0 Å². The van der Waals surface area contributed by atoms with Gasteiger partial charge in [-0.05, 0) is 87.6 Å². The van der Waals surface area contributed by atoms with Crippen molar-refractivity contribution >= 4 is 34.7 Å². The molecule has 0 saturated carbocycles. The Morgan fingerprint density at radius 2 is 1.51 bits per heavy atom. The second kappa shape index (κ2) is 23.2. The normalized spacial score (nSPS) is 10.4. The van der Waals surface area contributed by atoms with Crippen LogP contribution in [0.1, 0.15) is 95.5 Å². The summed E-state index contributed by atoms with van der Waals surface area (Å²) in [6, 6.07) is 13.3. The molecule has 0 bridgehead atoms. The Hall–Kier alpha value is -2.71. The molecule has 0 aliphatic carbocycles. The third kappa shape index (κ3) is 14.3. The highest BCUT2D eigenvalue weighted by Crippen LogP contribution is 2.29. The maximum Gasteiger partial charge on any atom is 0.0463 e. The predicted octanol–water partition coefficient (Wildman–Crippen LogP) is 12.2. The average Bonchev–Trinajstić information content (AvgIpc) is 3.38. The fourth-order valence-corrected chi connectivity index (χ4v) is 4.03. The van der Waals surface area contributed by atoms with E-state index in [4.69, 9.17) is 0 Å². The topological polar surface area (TPSA) is 15.8 Å². The molecule has 216 valence electrons. The lowest BCUT2D eigenvalue weighted by molar-refractivity contribution is 0.462. The van der Waals surface area contributed by atoms with Gasteiger partial charge in [-0.25, -0.2) is 0 Å². The third-order valence-corrected chi connectivity index (χ3v) is 6.33. The molecular formula is C37H57NS. The van der Waals surface area contributed by atoms with Gasteiger partial charge in [0.2, 0.25) is 0 Å². The van der Waals surface area contributed by atoms with E-state index in [2.05, 4.69) is 101 Å². The van der Waals surface area contributed by atoms with Crippen molar-refractivity contribution in [2.24, 2.45) is 5.92 Å². The molecule has 1 atom stereocenters. The van der Waals surface area contributed by atoms with Crippen molar-refractivity contribution in [2.45, 2.75) is 88.0 Å². The molecule has 0 aliphatic heterocycles. The number of nitrogens with one attached hydrogen (secondary N) is 1. The van der Waals surface area contributed by atoms with E-state index < -0.39 is 0 Å². The minimum absolute atomic E-state index is 0.878. The third-order valence-electron chi connectivity index (χ3n) is 6.33. The van der Waals surface area contributed by atoms with Gasteiger partial charge in [-0.15, -0.1) is 0 Å². The number of aryl methyl sites for hydroxylation is 2. The largest absolute Gasteiger partial charge is 0.361 e. The van der Waals surface area contributed by atoms with Crippen LogP contribution in [-0.4, -0.2) is 11.2 Å². The zero-order valence-electron chi connectivity index (χ0n) is 26.7. The smallest absolute Gasteiger partial charge is 0.0463 e. The summed E-state index contributed by atoms with van der Waals surface area (Å²) in [5.74, 6) is 0.878. The molecule has 1 unspecified atom stereocenters. The van der Waals surface area contributed by atoms with Gasteiger partial charge in [0, 0.05) is 22.7 Å². The standard InChI is InChI=1S/C16H17N.C14H22.C4H8.C2H6.CH4S/c1-6-11(4)15-9-17-16-7-12(5)13(10(2)3)8-14(15)16;1-4-6-13(5-2)11-14-9-7-12(3)8-10-14;1-3-4-2;2*1-2/h6-9,17H,1-2,4H2,3,5H3;7-10,13H,4-6,11H2,1-3H3;3-4H,1-2H3;1-2H3;2H,1H3/b;;4-3-;;. The quantitative estimate of drug-likeness (QED) is 0.158. The molecule has 0 saturated heterocycles. The maximum atomic E-state index is 4.02. The van der Waals surface area contributed by atoms with Gasteiger partial charge in [-0.1, -0.05) is 120 Å². The van der Waals surface area contributed by atoms with Crippen molar-refractivity contribution in [1.29, 1.82) is 0 Å². The van der Waals surface area contributed by atoms with E-state index in [-0.39, 0.29) is 0 Å². The van der Waals surface area contributed by atoms with Crippen LogP contribution >= 0.6 is 12.6 Å². The summed E-state index contributed by atoms with van der Waals surface area (Å²) in [6.07, 6.45) is 14.7. The molecule has 2 heteroatoms. The zero-order valence-corrected chi connectivity index (χ0v) is 27.6. The first kappa shape index (κ1) is 38.4. The fourth-order valence-electron chi connectivity index (χ4n) is 4.03. The highest BCUT2D eigenvalue weighted by Gasteiger charge is 2.09. The lowest BCUT2D eigenvalue weighted by atomic mass is 9.92. The molecule has 2 aromatic carbocycles. The first-order chi connectivity index (χ1) is 18.7. The molecule has 1 aromatic heterocycles. The number of aromatic nitrogens is 1. The van der Waals surface area contributed by atoms with E-state index >= 15 is 0 Å². The van der Waals surface area contributed by atoms with Crippen LogP contribution in [0.15, 0.2) is 80.6 Å². The summed E-state index contributed by atoms with van der Waals surface area (Å²) >= 11 is 3.53. The first-order valence-electron chi connectivity index (χ1n) is 14.4. The maximum absolute atomic E-state index is 4.02. The van der Waals surface area contributed by atoms with Crippen molar-refractivity contribution < 1.29 is 0 Å². The van der Waals surface area contributed by atoms with Gasteiger partial charge in [0.25, 0.3) is 0 Å². The van der Waals surface area contributed by atoms with Crippen LogP contribution in [0.3, 0.4) is 0 Å². The number of fused-ring (bicyclic) bond motifs is 1. The van der Waals surface area contributed by atoms with Gasteiger partial charge in [0.15, 0.2) is 0 Å². The minimum Gasteiger partial charge on any atom is -0.361 e. The molecule has 39 heavy (non-hydrogen) atoms. The van der Waals surface area contributed by atoms with Crippen LogP contribution in [0.2, 0.25) is 0 Å². The molecular weight excluding hydrogens is 490 g/mol. The molecule has 1 heterocycles. The number of H-pyrrole nitrogens is 1. The molecule has 0 amide bonds. The van der Waals surface area contributed by atoms with E-state index in [0.29, 0.717) is 0 Å². The number of aromatic amines is 1. The Morgan fingerprint density at radius 1 is 0.949 bits per heavy atom. The number of thiol groups is 1. The molecule has 0 fully saturated rings. The van der Waals surface area contributed by atoms with E-state index in [1.54, 1.807) is 12.3 Å². The molecule has 1 nitrogen and oxygen atoms in total. The first-order valence-corrected chi connectivity index (χ1v) is 15.3. The van der Waals surface area contributed by atoms with Gasteiger partial charge in [0.05, 0.1) is 0 Å². The number of benzene rings is 2. The van der Waals surface area contributed by atoms with Gasteiger partial charge >= 0.3 is 0 Å². The molecule has 0 spiro atoms. The zero-order chi connectivity index (χ0) is 30.4. The highest BCUT2D eigenvalue weighted by atomic mass is 32.1. The van der Waals surface area contributed by atoms with Crippen LogP contribution in [-0.2, 0) is 6.42 Å². The van der Waals surface area contributed by atoms with E-state index in [1.165, 1.54) is 53.3 Å². The van der Waals surface area contributed by atoms with Crippen LogP contribution in [0.4, 0.5) is 0 Å². The van der Waals surface area contributed by atoms with Crippen molar-refractivity contribution in [2.75, 3.05) is 6.26 Å². The Morgan fingerprint density at radius 3 is 1.95 bits per heavy atom. The SMILES string of the molecule is C/C=C\C.C=CC(=C)c1c[nH]c2cc(C)c(C(=C)C)cc12.CC.CCCC(CC)Cc1ccc(C)cc1.CS. The average molecular weight is 548 g/mol.